The number of guanidine groups is 1. The number of aliphatic imine (C=N–C) groups is 1. The van der Waals surface area contributed by atoms with Crippen molar-refractivity contribution in [3.8, 4) is 0 Å². The van der Waals surface area contributed by atoms with Crippen LogP contribution < -0.4 is 5.32 Å². The fourth-order valence-electron chi connectivity index (χ4n) is 1.68. The molecular formula is C15H24IN3O. The van der Waals surface area contributed by atoms with Crippen LogP contribution in [0.1, 0.15) is 12.7 Å². The third kappa shape index (κ3) is 7.37. The molecule has 1 heterocycles. The molecule has 0 aliphatic heterocycles. The minimum Gasteiger partial charge on any atom is -0.469 e. The summed E-state index contributed by atoms with van der Waals surface area (Å²) in [4.78, 5) is 6.62. The second kappa shape index (κ2) is 10.5. The first-order valence-corrected chi connectivity index (χ1v) is 6.40. The van der Waals surface area contributed by atoms with Crippen molar-refractivity contribution < 1.29 is 4.42 Å². The lowest BCUT2D eigenvalue weighted by Gasteiger charge is -2.22. The topological polar surface area (TPSA) is 40.8 Å². The van der Waals surface area contributed by atoms with Crippen LogP contribution in [-0.2, 0) is 6.42 Å². The second-order valence-corrected chi connectivity index (χ2v) is 4.52. The van der Waals surface area contributed by atoms with Gasteiger partial charge in [-0.05, 0) is 19.1 Å². The van der Waals surface area contributed by atoms with E-state index in [9.17, 15) is 0 Å². The number of hydrogen-bond donors (Lipinski definition) is 1. The zero-order valence-electron chi connectivity index (χ0n) is 12.3. The number of hydrogen-bond acceptors (Lipinski definition) is 2. The molecule has 0 aliphatic rings. The van der Waals surface area contributed by atoms with Crippen LogP contribution in [0.4, 0.5) is 0 Å². The first-order chi connectivity index (χ1) is 9.13. The molecule has 1 N–H and O–H groups in total. The fourth-order valence-corrected chi connectivity index (χ4v) is 1.68. The zero-order chi connectivity index (χ0) is 14.1. The number of halogens is 1. The van der Waals surface area contributed by atoms with Crippen molar-refractivity contribution in [1.82, 2.24) is 10.2 Å². The molecule has 1 rings (SSSR count). The highest BCUT2D eigenvalue weighted by atomic mass is 127. The summed E-state index contributed by atoms with van der Waals surface area (Å²) in [5.74, 6) is 1.81. The standard InChI is InChI=1S/C15H23N3O.HI/c1-5-9-16-15(18(4)12-13(2)3)17-10-8-14-7-6-11-19-14;/h5-7,11H,1-2,8-10,12H2,3-4H3,(H,16,17);1H. The van der Waals surface area contributed by atoms with E-state index in [1.165, 1.54) is 0 Å². The van der Waals surface area contributed by atoms with Gasteiger partial charge in [0.2, 0.25) is 0 Å². The van der Waals surface area contributed by atoms with E-state index >= 15 is 0 Å². The smallest absolute Gasteiger partial charge is 0.194 e. The maximum absolute atomic E-state index is 5.29. The molecule has 0 fully saturated rings. The van der Waals surface area contributed by atoms with Gasteiger partial charge >= 0.3 is 0 Å². The summed E-state index contributed by atoms with van der Waals surface area (Å²) in [7, 11) is 2.00. The van der Waals surface area contributed by atoms with E-state index in [-0.39, 0.29) is 24.0 Å². The van der Waals surface area contributed by atoms with Gasteiger partial charge in [0.25, 0.3) is 0 Å². The highest BCUT2D eigenvalue weighted by Crippen LogP contribution is 2.01. The molecule has 0 radical (unpaired) electrons. The molecule has 0 aliphatic carbocycles. The average Bonchev–Trinajstić information content (AvgIpc) is 2.85. The van der Waals surface area contributed by atoms with Gasteiger partial charge in [0, 0.05) is 33.1 Å². The molecule has 0 spiro atoms. The van der Waals surface area contributed by atoms with Crippen molar-refractivity contribution in [2.45, 2.75) is 13.3 Å². The van der Waals surface area contributed by atoms with Crippen LogP contribution >= 0.6 is 24.0 Å². The van der Waals surface area contributed by atoms with Gasteiger partial charge in [0.1, 0.15) is 5.76 Å². The highest BCUT2D eigenvalue weighted by molar-refractivity contribution is 14.0. The average molecular weight is 389 g/mol. The molecule has 5 heteroatoms. The Kier molecular flexibility index (Phi) is 9.88. The largest absolute Gasteiger partial charge is 0.469 e. The molecule has 4 nitrogen and oxygen atoms in total. The Labute approximate surface area is 138 Å². The SMILES string of the molecule is C=CCNC(=NCCc1ccco1)N(C)CC(=C)C.I. The molecular weight excluding hydrogens is 365 g/mol. The summed E-state index contributed by atoms with van der Waals surface area (Å²) >= 11 is 0. The normalized spacial score (nSPS) is 10.6. The van der Waals surface area contributed by atoms with Crippen LogP contribution in [-0.4, -0.2) is 37.5 Å². The van der Waals surface area contributed by atoms with E-state index in [0.29, 0.717) is 13.1 Å². The fraction of sp³-hybridized carbons (Fsp3) is 0.400. The Morgan fingerprint density at radius 1 is 1.55 bits per heavy atom. The van der Waals surface area contributed by atoms with E-state index < -0.39 is 0 Å². The van der Waals surface area contributed by atoms with Crippen molar-refractivity contribution in [3.63, 3.8) is 0 Å². The lowest BCUT2D eigenvalue weighted by Crippen LogP contribution is -2.40. The zero-order valence-corrected chi connectivity index (χ0v) is 14.6. The van der Waals surface area contributed by atoms with Crippen molar-refractivity contribution in [2.75, 3.05) is 26.7 Å². The second-order valence-electron chi connectivity index (χ2n) is 4.52. The van der Waals surface area contributed by atoms with Crippen LogP contribution in [0.3, 0.4) is 0 Å². The van der Waals surface area contributed by atoms with Gasteiger partial charge in [-0.1, -0.05) is 18.2 Å². The summed E-state index contributed by atoms with van der Waals surface area (Å²) in [6.07, 6.45) is 4.30. The van der Waals surface area contributed by atoms with Crippen molar-refractivity contribution in [2.24, 2.45) is 4.99 Å². The molecule has 0 aromatic carbocycles. The number of furan rings is 1. The Bertz CT molecular complexity index is 426. The van der Waals surface area contributed by atoms with E-state index in [2.05, 4.69) is 23.5 Å². The Hall–Kier alpha value is -1.24. The monoisotopic (exact) mass is 389 g/mol. The van der Waals surface area contributed by atoms with Gasteiger partial charge in [0.15, 0.2) is 5.96 Å². The molecule has 1 aromatic heterocycles. The quantitative estimate of drug-likeness (QED) is 0.337. The lowest BCUT2D eigenvalue weighted by atomic mass is 10.3. The van der Waals surface area contributed by atoms with Gasteiger partial charge in [-0.15, -0.1) is 30.6 Å². The van der Waals surface area contributed by atoms with Gasteiger partial charge in [-0.25, -0.2) is 0 Å². The predicted octanol–water partition coefficient (Wildman–Crippen LogP) is 3.08. The molecule has 20 heavy (non-hydrogen) atoms. The van der Waals surface area contributed by atoms with Crippen LogP contribution in [0.5, 0.6) is 0 Å². The Morgan fingerprint density at radius 3 is 2.85 bits per heavy atom. The molecule has 112 valence electrons. The first kappa shape index (κ1) is 18.8. The number of nitrogens with zero attached hydrogens (tertiary/aromatic N) is 2. The maximum Gasteiger partial charge on any atom is 0.194 e. The first-order valence-electron chi connectivity index (χ1n) is 6.40. The van der Waals surface area contributed by atoms with E-state index in [1.54, 1.807) is 6.26 Å². The third-order valence-electron chi connectivity index (χ3n) is 2.47. The molecule has 0 atom stereocenters. The summed E-state index contributed by atoms with van der Waals surface area (Å²) < 4.78 is 5.29. The van der Waals surface area contributed by atoms with E-state index in [1.807, 2.05) is 37.1 Å². The lowest BCUT2D eigenvalue weighted by molar-refractivity contribution is 0.504. The summed E-state index contributed by atoms with van der Waals surface area (Å²) in [6.45, 7) is 11.8. The summed E-state index contributed by atoms with van der Waals surface area (Å²) in [6, 6.07) is 3.85. The number of nitrogens with one attached hydrogen (secondary N) is 1. The van der Waals surface area contributed by atoms with Gasteiger partial charge in [-0.2, -0.15) is 0 Å². The van der Waals surface area contributed by atoms with Gasteiger partial charge in [0.05, 0.1) is 6.26 Å². The van der Waals surface area contributed by atoms with Crippen molar-refractivity contribution in [1.29, 1.82) is 0 Å². The van der Waals surface area contributed by atoms with Gasteiger partial charge in [-0.3, -0.25) is 4.99 Å². The van der Waals surface area contributed by atoms with E-state index in [0.717, 1.165) is 30.3 Å². The predicted molar refractivity (Wildman–Crippen MR) is 95.8 cm³/mol. The molecule has 0 saturated heterocycles. The Balaban J connectivity index is 0.00000361. The van der Waals surface area contributed by atoms with Crippen molar-refractivity contribution in [3.05, 3.63) is 49.0 Å². The molecule has 0 amide bonds. The number of rotatable bonds is 7. The van der Waals surface area contributed by atoms with Crippen LogP contribution in [0.15, 0.2) is 52.6 Å². The molecule has 1 aromatic rings. The summed E-state index contributed by atoms with van der Waals surface area (Å²) in [5, 5.41) is 3.24. The minimum absolute atomic E-state index is 0. The molecule has 0 bridgehead atoms. The number of likely N-dealkylation sites (N-methyl/N-ethyl adjacent to an activating group) is 1. The van der Waals surface area contributed by atoms with Crippen LogP contribution in [0, 0.1) is 0 Å². The minimum atomic E-state index is 0. The molecule has 0 unspecified atom stereocenters. The van der Waals surface area contributed by atoms with Crippen molar-refractivity contribution >= 4 is 29.9 Å². The highest BCUT2D eigenvalue weighted by Gasteiger charge is 2.05. The third-order valence-corrected chi connectivity index (χ3v) is 2.47. The van der Waals surface area contributed by atoms with Crippen LogP contribution in [0.25, 0.3) is 0 Å². The molecule has 0 saturated carbocycles. The van der Waals surface area contributed by atoms with E-state index in [4.69, 9.17) is 4.42 Å². The van der Waals surface area contributed by atoms with Crippen LogP contribution in [0.2, 0.25) is 0 Å². The van der Waals surface area contributed by atoms with Gasteiger partial charge < -0.3 is 14.6 Å². The summed E-state index contributed by atoms with van der Waals surface area (Å²) in [5.41, 5.74) is 1.10. The maximum atomic E-state index is 5.29. The Morgan fingerprint density at radius 2 is 2.30 bits per heavy atom.